The van der Waals surface area contributed by atoms with Gasteiger partial charge < -0.3 is 20.8 Å². The van der Waals surface area contributed by atoms with E-state index in [0.717, 1.165) is 11.1 Å². The molecule has 0 fully saturated rings. The zero-order valence-corrected chi connectivity index (χ0v) is 18.2. The third-order valence-corrected chi connectivity index (χ3v) is 4.85. The van der Waals surface area contributed by atoms with E-state index in [2.05, 4.69) is 35.3 Å². The molecule has 2 aromatic carbocycles. The molecular weight excluding hydrogens is 448 g/mol. The first-order valence-corrected chi connectivity index (χ1v) is 10.3. The van der Waals surface area contributed by atoms with Gasteiger partial charge in [-0.05, 0) is 28.3 Å². The summed E-state index contributed by atoms with van der Waals surface area (Å²) in [6.07, 6.45) is 2.95. The molecule has 2 heterocycles. The Morgan fingerprint density at radius 2 is 1.94 bits per heavy atom. The van der Waals surface area contributed by atoms with Crippen LogP contribution in [0.3, 0.4) is 0 Å². The van der Waals surface area contributed by atoms with E-state index in [1.165, 1.54) is 12.4 Å². The number of nitrogen functional groups attached to an aromatic ring is 1. The number of nitriles is 1. The van der Waals surface area contributed by atoms with Gasteiger partial charge in [0, 0.05) is 17.1 Å². The highest BCUT2D eigenvalue weighted by Gasteiger charge is 2.11. The third kappa shape index (κ3) is 5.70. The molecule has 0 aliphatic rings. The highest BCUT2D eigenvalue weighted by molar-refractivity contribution is 6.01. The molecule has 35 heavy (non-hydrogen) atoms. The summed E-state index contributed by atoms with van der Waals surface area (Å²) in [6.45, 7) is 0.489. The SMILES string of the molecule is N#C/C(=C/c1ccc(N=[N+]=[N-])cc1)C(=O)NCc1ccc(COc2nc(N)nc3nc[nH]c23)cc1. The van der Waals surface area contributed by atoms with Gasteiger partial charge in [-0.15, -0.1) is 0 Å². The number of anilines is 1. The lowest BCUT2D eigenvalue weighted by Gasteiger charge is -2.08. The predicted octanol–water partition coefficient (Wildman–Crippen LogP) is 3.68. The van der Waals surface area contributed by atoms with Crippen molar-refractivity contribution in [1.29, 1.82) is 5.26 Å². The van der Waals surface area contributed by atoms with E-state index < -0.39 is 5.91 Å². The van der Waals surface area contributed by atoms with Crippen molar-refractivity contribution in [1.82, 2.24) is 25.3 Å². The Morgan fingerprint density at radius 1 is 1.20 bits per heavy atom. The first-order chi connectivity index (χ1) is 17.1. The summed E-state index contributed by atoms with van der Waals surface area (Å²) in [5.41, 5.74) is 17.9. The lowest BCUT2D eigenvalue weighted by atomic mass is 10.1. The van der Waals surface area contributed by atoms with E-state index in [-0.39, 0.29) is 24.7 Å². The van der Waals surface area contributed by atoms with Crippen molar-refractivity contribution in [3.8, 4) is 11.9 Å². The highest BCUT2D eigenvalue weighted by atomic mass is 16.5. The smallest absolute Gasteiger partial charge is 0.262 e. The minimum Gasteiger partial charge on any atom is -0.471 e. The van der Waals surface area contributed by atoms with E-state index in [1.54, 1.807) is 24.3 Å². The van der Waals surface area contributed by atoms with Crippen molar-refractivity contribution >= 4 is 34.8 Å². The van der Waals surface area contributed by atoms with Crippen molar-refractivity contribution in [2.45, 2.75) is 13.2 Å². The second kappa shape index (κ2) is 10.5. The minimum atomic E-state index is -0.496. The number of ether oxygens (including phenoxy) is 1. The van der Waals surface area contributed by atoms with Crippen LogP contribution in [0.5, 0.6) is 5.88 Å². The van der Waals surface area contributed by atoms with Crippen molar-refractivity contribution in [3.05, 3.63) is 87.6 Å². The molecule has 4 rings (SSSR count). The number of benzene rings is 2. The second-order valence-corrected chi connectivity index (χ2v) is 7.23. The molecule has 0 spiro atoms. The fourth-order valence-corrected chi connectivity index (χ4v) is 3.11. The topological polar surface area (TPSA) is 191 Å². The minimum absolute atomic E-state index is 0.0409. The molecule has 0 atom stereocenters. The Morgan fingerprint density at radius 3 is 2.66 bits per heavy atom. The number of nitrogens with one attached hydrogen (secondary N) is 2. The quantitative estimate of drug-likeness (QED) is 0.116. The molecule has 0 unspecified atom stereocenters. The van der Waals surface area contributed by atoms with Crippen molar-refractivity contribution in [2.75, 3.05) is 5.73 Å². The summed E-state index contributed by atoms with van der Waals surface area (Å²) in [5.74, 6) is -0.116. The molecule has 4 aromatic rings. The zero-order chi connectivity index (χ0) is 24.6. The van der Waals surface area contributed by atoms with Crippen LogP contribution in [0.25, 0.3) is 27.7 Å². The van der Waals surface area contributed by atoms with Gasteiger partial charge in [0.2, 0.25) is 11.8 Å². The molecule has 0 radical (unpaired) electrons. The third-order valence-electron chi connectivity index (χ3n) is 4.85. The molecule has 4 N–H and O–H groups in total. The molecule has 0 saturated heterocycles. The van der Waals surface area contributed by atoms with Crippen LogP contribution in [0.15, 0.2) is 65.5 Å². The van der Waals surface area contributed by atoms with E-state index >= 15 is 0 Å². The maximum atomic E-state index is 12.4. The number of nitrogens with two attached hydrogens (primary N) is 1. The molecule has 1 amide bonds. The molecule has 0 aliphatic carbocycles. The number of H-pyrrole nitrogens is 1. The Balaban J connectivity index is 1.34. The second-order valence-electron chi connectivity index (χ2n) is 7.23. The fourth-order valence-electron chi connectivity index (χ4n) is 3.11. The normalized spacial score (nSPS) is 10.9. The summed E-state index contributed by atoms with van der Waals surface area (Å²) in [5, 5.41) is 15.6. The fraction of sp³-hybridized carbons (Fsp3) is 0.0870. The molecule has 12 heteroatoms. The number of aromatic amines is 1. The lowest BCUT2D eigenvalue weighted by Crippen LogP contribution is -2.23. The standard InChI is InChI=1S/C23H18N10O2/c24-10-17(9-14-5-7-18(8-6-14)32-33-26)21(34)27-11-15-1-3-16(4-2-15)12-35-22-19-20(29-13-28-19)30-23(25)31-22/h1-9,13H,11-12H2,(H,27,34)(H3,25,28,29,30,31)/b17-9-. The van der Waals surface area contributed by atoms with Crippen LogP contribution < -0.4 is 15.8 Å². The van der Waals surface area contributed by atoms with E-state index in [0.29, 0.717) is 28.3 Å². The number of hydrogen-bond acceptors (Lipinski definition) is 8. The average Bonchev–Trinajstić information content (AvgIpc) is 3.34. The largest absolute Gasteiger partial charge is 0.471 e. The maximum absolute atomic E-state index is 12.4. The van der Waals surface area contributed by atoms with Crippen LogP contribution >= 0.6 is 0 Å². The van der Waals surface area contributed by atoms with Crippen LogP contribution in [0, 0.1) is 11.3 Å². The summed E-state index contributed by atoms with van der Waals surface area (Å²) in [7, 11) is 0. The van der Waals surface area contributed by atoms with Crippen LogP contribution in [-0.2, 0) is 17.9 Å². The van der Waals surface area contributed by atoms with Gasteiger partial charge in [-0.3, -0.25) is 4.79 Å². The van der Waals surface area contributed by atoms with E-state index in [1.807, 2.05) is 30.3 Å². The van der Waals surface area contributed by atoms with Gasteiger partial charge in [0.1, 0.15) is 23.8 Å². The molecule has 172 valence electrons. The van der Waals surface area contributed by atoms with E-state index in [4.69, 9.17) is 16.0 Å². The summed E-state index contributed by atoms with van der Waals surface area (Å²) < 4.78 is 5.77. The maximum Gasteiger partial charge on any atom is 0.262 e. The number of carbonyl (C=O) groups is 1. The number of azide groups is 1. The van der Waals surface area contributed by atoms with Crippen LogP contribution in [0.2, 0.25) is 0 Å². The number of hydrogen-bond donors (Lipinski definition) is 3. The molecule has 12 nitrogen and oxygen atoms in total. The Labute approximate surface area is 198 Å². The Bertz CT molecular complexity index is 1480. The monoisotopic (exact) mass is 466 g/mol. The van der Waals surface area contributed by atoms with Crippen LogP contribution in [-0.4, -0.2) is 25.8 Å². The van der Waals surface area contributed by atoms with Gasteiger partial charge >= 0.3 is 0 Å². The molecule has 0 bridgehead atoms. The van der Waals surface area contributed by atoms with Gasteiger partial charge in [0.05, 0.1) is 6.33 Å². The van der Waals surface area contributed by atoms with Crippen LogP contribution in [0.4, 0.5) is 11.6 Å². The Hall–Kier alpha value is -5.40. The lowest BCUT2D eigenvalue weighted by molar-refractivity contribution is -0.117. The first kappa shape index (κ1) is 22.8. The number of carbonyl (C=O) groups excluding carboxylic acids is 1. The Kier molecular flexibility index (Phi) is 6.82. The summed E-state index contributed by atoms with van der Waals surface area (Å²) >= 11 is 0. The van der Waals surface area contributed by atoms with Crippen LogP contribution in [0.1, 0.15) is 16.7 Å². The first-order valence-electron chi connectivity index (χ1n) is 10.3. The van der Waals surface area contributed by atoms with Gasteiger partial charge in [-0.1, -0.05) is 53.6 Å². The predicted molar refractivity (Wildman–Crippen MR) is 128 cm³/mol. The molecule has 0 aliphatic heterocycles. The summed E-state index contributed by atoms with van der Waals surface area (Å²) in [4.78, 5) is 30.2. The number of nitrogens with zero attached hydrogens (tertiary/aromatic N) is 7. The number of fused-ring (bicyclic) bond motifs is 1. The number of amides is 1. The average molecular weight is 466 g/mol. The highest BCUT2D eigenvalue weighted by Crippen LogP contribution is 2.21. The van der Waals surface area contributed by atoms with Crippen molar-refractivity contribution < 1.29 is 9.53 Å². The molecule has 0 saturated carbocycles. The zero-order valence-electron chi connectivity index (χ0n) is 18.2. The van der Waals surface area contributed by atoms with Crippen molar-refractivity contribution in [2.24, 2.45) is 5.11 Å². The van der Waals surface area contributed by atoms with Gasteiger partial charge in [-0.2, -0.15) is 15.2 Å². The van der Waals surface area contributed by atoms with Gasteiger partial charge in [0.15, 0.2) is 5.65 Å². The van der Waals surface area contributed by atoms with Gasteiger partial charge in [-0.25, -0.2) is 4.98 Å². The number of imidazole rings is 1. The molecular formula is C23H18N10O2. The number of aromatic nitrogens is 4. The van der Waals surface area contributed by atoms with E-state index in [9.17, 15) is 10.1 Å². The summed E-state index contributed by atoms with van der Waals surface area (Å²) in [6, 6.07) is 15.8. The van der Waals surface area contributed by atoms with Crippen molar-refractivity contribution in [3.63, 3.8) is 0 Å². The van der Waals surface area contributed by atoms with Gasteiger partial charge in [0.25, 0.3) is 5.91 Å². The molecule has 2 aromatic heterocycles. The number of rotatable bonds is 8.